The maximum atomic E-state index is 12.6. The van der Waals surface area contributed by atoms with Crippen LogP contribution in [0.3, 0.4) is 0 Å². The van der Waals surface area contributed by atoms with Crippen LogP contribution in [0.25, 0.3) is 0 Å². The van der Waals surface area contributed by atoms with E-state index in [0.29, 0.717) is 18.0 Å². The average molecular weight is 308 g/mol. The van der Waals surface area contributed by atoms with Crippen molar-refractivity contribution >= 4 is 6.09 Å². The summed E-state index contributed by atoms with van der Waals surface area (Å²) >= 11 is 0. The van der Waals surface area contributed by atoms with E-state index in [1.165, 1.54) is 45.2 Å². The quantitative estimate of drug-likeness (QED) is 0.741. The Kier molecular flexibility index (Phi) is 4.67. The molecule has 2 aliphatic heterocycles. The van der Waals surface area contributed by atoms with E-state index >= 15 is 0 Å². The molecule has 0 N–H and O–H groups in total. The van der Waals surface area contributed by atoms with Gasteiger partial charge in [-0.3, -0.25) is 0 Å². The van der Waals surface area contributed by atoms with Gasteiger partial charge in [0.25, 0.3) is 0 Å². The molecule has 1 amide bonds. The second-order valence-corrected chi connectivity index (χ2v) is 8.29. The van der Waals surface area contributed by atoms with E-state index in [1.807, 2.05) is 20.8 Å². The Morgan fingerprint density at radius 1 is 0.909 bits per heavy atom. The van der Waals surface area contributed by atoms with E-state index in [0.717, 1.165) is 19.4 Å². The Hall–Kier alpha value is -0.770. The maximum Gasteiger partial charge on any atom is 0.410 e. The third kappa shape index (κ3) is 3.42. The summed E-state index contributed by atoms with van der Waals surface area (Å²) in [6.45, 7) is 9.28. The molecule has 126 valence electrons. The lowest BCUT2D eigenvalue weighted by Gasteiger charge is -2.49. The number of fused-ring (bicyclic) bond motifs is 1. The fourth-order valence-corrected chi connectivity index (χ4v) is 4.73. The van der Waals surface area contributed by atoms with Crippen LogP contribution in [0.5, 0.6) is 0 Å². The third-order valence-electron chi connectivity index (χ3n) is 5.56. The van der Waals surface area contributed by atoms with Crippen LogP contribution in [0.4, 0.5) is 4.79 Å². The number of carbonyl (C=O) groups is 1. The monoisotopic (exact) mass is 308 g/mol. The second kappa shape index (κ2) is 6.38. The smallest absolute Gasteiger partial charge is 0.410 e. The van der Waals surface area contributed by atoms with Crippen molar-refractivity contribution in [3.05, 3.63) is 0 Å². The molecule has 0 spiro atoms. The van der Waals surface area contributed by atoms with Crippen molar-refractivity contribution in [1.82, 2.24) is 9.80 Å². The molecule has 1 saturated carbocycles. The van der Waals surface area contributed by atoms with Gasteiger partial charge in [0.15, 0.2) is 0 Å². The average Bonchev–Trinajstić information content (AvgIpc) is 2.98. The largest absolute Gasteiger partial charge is 0.444 e. The van der Waals surface area contributed by atoms with E-state index in [-0.39, 0.29) is 6.09 Å². The number of amides is 1. The van der Waals surface area contributed by atoms with Gasteiger partial charge in [0.1, 0.15) is 5.60 Å². The van der Waals surface area contributed by atoms with Crippen LogP contribution in [-0.4, -0.2) is 53.2 Å². The predicted octanol–water partition coefficient (Wildman–Crippen LogP) is 3.65. The van der Waals surface area contributed by atoms with E-state index < -0.39 is 5.60 Å². The van der Waals surface area contributed by atoms with Gasteiger partial charge in [0, 0.05) is 18.6 Å². The van der Waals surface area contributed by atoms with Gasteiger partial charge >= 0.3 is 6.09 Å². The molecule has 3 rings (SSSR count). The van der Waals surface area contributed by atoms with Crippen molar-refractivity contribution in [1.29, 1.82) is 0 Å². The first-order valence-corrected chi connectivity index (χ1v) is 9.19. The summed E-state index contributed by atoms with van der Waals surface area (Å²) in [5, 5.41) is 0. The van der Waals surface area contributed by atoms with Crippen molar-refractivity contribution < 1.29 is 9.53 Å². The molecule has 3 fully saturated rings. The highest BCUT2D eigenvalue weighted by Crippen LogP contribution is 2.39. The Morgan fingerprint density at radius 2 is 1.59 bits per heavy atom. The van der Waals surface area contributed by atoms with Gasteiger partial charge in [-0.1, -0.05) is 0 Å². The summed E-state index contributed by atoms with van der Waals surface area (Å²) in [5.41, 5.74) is -0.396. The molecule has 0 radical (unpaired) electrons. The van der Waals surface area contributed by atoms with Gasteiger partial charge in [-0.15, -0.1) is 0 Å². The van der Waals surface area contributed by atoms with E-state index in [1.54, 1.807) is 0 Å². The van der Waals surface area contributed by atoms with Crippen LogP contribution in [0.15, 0.2) is 0 Å². The Morgan fingerprint density at radius 3 is 2.27 bits per heavy atom. The normalized spacial score (nSPS) is 33.6. The van der Waals surface area contributed by atoms with Gasteiger partial charge in [-0.05, 0) is 84.7 Å². The third-order valence-corrected chi connectivity index (χ3v) is 5.56. The van der Waals surface area contributed by atoms with E-state index in [4.69, 9.17) is 4.74 Å². The van der Waals surface area contributed by atoms with Crippen molar-refractivity contribution in [3.8, 4) is 0 Å². The molecule has 22 heavy (non-hydrogen) atoms. The summed E-state index contributed by atoms with van der Waals surface area (Å²) in [7, 11) is 0. The minimum Gasteiger partial charge on any atom is -0.444 e. The number of likely N-dealkylation sites (tertiary alicyclic amines) is 2. The van der Waals surface area contributed by atoms with Crippen LogP contribution < -0.4 is 0 Å². The van der Waals surface area contributed by atoms with E-state index in [2.05, 4.69) is 9.80 Å². The lowest BCUT2D eigenvalue weighted by Crippen LogP contribution is -2.57. The Balaban J connectivity index is 1.70. The fourth-order valence-electron chi connectivity index (χ4n) is 4.73. The van der Waals surface area contributed by atoms with Gasteiger partial charge in [-0.2, -0.15) is 0 Å². The van der Waals surface area contributed by atoms with Crippen molar-refractivity contribution in [3.63, 3.8) is 0 Å². The molecular formula is C18H32N2O2. The predicted molar refractivity (Wildman–Crippen MR) is 87.9 cm³/mol. The number of hydrogen-bond acceptors (Lipinski definition) is 3. The molecule has 3 aliphatic rings. The number of ether oxygens (including phenoxy) is 1. The number of rotatable bonds is 1. The minimum atomic E-state index is -0.396. The summed E-state index contributed by atoms with van der Waals surface area (Å²) in [5.74, 6) is 0.660. The van der Waals surface area contributed by atoms with Gasteiger partial charge in [0.05, 0.1) is 0 Å². The van der Waals surface area contributed by atoms with Gasteiger partial charge in [0.2, 0.25) is 0 Å². The number of nitrogens with zero attached hydrogens (tertiary/aromatic N) is 2. The van der Waals surface area contributed by atoms with Gasteiger partial charge in [-0.25, -0.2) is 4.79 Å². The maximum absolute atomic E-state index is 12.6. The number of carbonyl (C=O) groups excluding carboxylic acids is 1. The first kappa shape index (κ1) is 16.1. The Labute approximate surface area is 135 Å². The number of hydrogen-bond donors (Lipinski definition) is 0. The van der Waals surface area contributed by atoms with Crippen LogP contribution in [0.2, 0.25) is 0 Å². The van der Waals surface area contributed by atoms with Crippen LogP contribution in [0.1, 0.15) is 65.7 Å². The second-order valence-electron chi connectivity index (χ2n) is 8.29. The first-order valence-electron chi connectivity index (χ1n) is 9.19. The first-order chi connectivity index (χ1) is 10.5. The molecule has 2 saturated heterocycles. The standard InChI is InChI=1S/C18H32N2O2/c1-18(2,3)22-17(21)20-13-7-8-14-15(9-6-10-16(14)20)19-11-4-5-12-19/h14-16H,4-13H2,1-3H3/t14-,15-,16+/m0/s1. The lowest BCUT2D eigenvalue weighted by atomic mass is 9.74. The highest BCUT2D eigenvalue weighted by molar-refractivity contribution is 5.68. The van der Waals surface area contributed by atoms with Crippen molar-refractivity contribution in [2.75, 3.05) is 19.6 Å². The van der Waals surface area contributed by atoms with Crippen LogP contribution in [0, 0.1) is 5.92 Å². The zero-order valence-electron chi connectivity index (χ0n) is 14.5. The molecule has 3 atom stereocenters. The highest BCUT2D eigenvalue weighted by atomic mass is 16.6. The molecule has 1 aliphatic carbocycles. The molecule has 4 heteroatoms. The molecule has 0 aromatic carbocycles. The minimum absolute atomic E-state index is 0.0933. The summed E-state index contributed by atoms with van der Waals surface area (Å²) < 4.78 is 5.66. The fraction of sp³-hybridized carbons (Fsp3) is 0.944. The zero-order chi connectivity index (χ0) is 15.7. The molecule has 0 bridgehead atoms. The lowest BCUT2D eigenvalue weighted by molar-refractivity contribution is -0.0258. The summed E-state index contributed by atoms with van der Waals surface area (Å²) in [6, 6.07) is 1.11. The zero-order valence-corrected chi connectivity index (χ0v) is 14.5. The summed E-state index contributed by atoms with van der Waals surface area (Å²) in [4.78, 5) is 17.3. The highest BCUT2D eigenvalue weighted by Gasteiger charge is 2.44. The topological polar surface area (TPSA) is 32.8 Å². The molecule has 0 aromatic heterocycles. The molecular weight excluding hydrogens is 276 g/mol. The van der Waals surface area contributed by atoms with Crippen LogP contribution >= 0.6 is 0 Å². The van der Waals surface area contributed by atoms with Gasteiger partial charge < -0.3 is 14.5 Å². The number of piperidine rings is 1. The van der Waals surface area contributed by atoms with E-state index in [9.17, 15) is 4.79 Å². The molecule has 4 nitrogen and oxygen atoms in total. The molecule has 0 unspecified atom stereocenters. The molecule has 0 aromatic rings. The van der Waals surface area contributed by atoms with Crippen molar-refractivity contribution in [2.24, 2.45) is 5.92 Å². The summed E-state index contributed by atoms with van der Waals surface area (Å²) in [6.07, 6.45) is 8.76. The Bertz CT molecular complexity index is 398. The van der Waals surface area contributed by atoms with Crippen LogP contribution in [-0.2, 0) is 4.74 Å². The van der Waals surface area contributed by atoms with Crippen molar-refractivity contribution in [2.45, 2.75) is 83.4 Å². The molecule has 2 heterocycles. The SMILES string of the molecule is CC(C)(C)OC(=O)N1CCC[C@@H]2[C@H]1CCC[C@@H]2N1CCCC1.